The average Bonchev–Trinajstić information content (AvgIpc) is 3.42. The highest BCUT2D eigenvalue weighted by Gasteiger charge is 2.44. The number of ether oxygens (including phenoxy) is 2. The number of nitrogens with zero attached hydrogens (tertiary/aromatic N) is 3. The third-order valence-corrected chi connectivity index (χ3v) is 5.94. The molecule has 3 aromatic rings. The topological polar surface area (TPSA) is 145 Å². The Hall–Kier alpha value is -3.84. The number of carbonyl (C=O) groups is 1. The SMILES string of the molecule is COc1cc(-c2cccnc2)cc2sc(CC(=N)OC(=N)CC(=O)NC3(C#N)CC3)nc12. The zero-order valence-electron chi connectivity index (χ0n) is 17.3. The molecule has 0 saturated heterocycles. The lowest BCUT2D eigenvalue weighted by molar-refractivity contribution is -0.120. The van der Waals surface area contributed by atoms with Gasteiger partial charge in [-0.1, -0.05) is 6.07 Å². The standard InChI is InChI=1S/C22H20N6O3S/c1-30-15-7-14(13-3-2-6-26-11-13)8-16-21(15)27-20(32-16)10-18(25)31-17(24)9-19(29)28-22(12-23)4-5-22/h2-3,6-8,11,24-25H,4-5,9-10H2,1H3,(H,28,29). The van der Waals surface area contributed by atoms with Gasteiger partial charge in [0, 0.05) is 18.0 Å². The number of hydrogen-bond donors (Lipinski definition) is 3. The monoisotopic (exact) mass is 448 g/mol. The van der Waals surface area contributed by atoms with Gasteiger partial charge in [0.05, 0.1) is 24.3 Å². The summed E-state index contributed by atoms with van der Waals surface area (Å²) in [5.41, 5.74) is 1.80. The van der Waals surface area contributed by atoms with Gasteiger partial charge in [0.15, 0.2) is 11.8 Å². The smallest absolute Gasteiger partial charge is 0.230 e. The fourth-order valence-corrected chi connectivity index (χ4v) is 4.20. The molecule has 1 aliphatic rings. The van der Waals surface area contributed by atoms with Gasteiger partial charge in [-0.3, -0.25) is 20.6 Å². The lowest BCUT2D eigenvalue weighted by atomic mass is 10.1. The Kier molecular flexibility index (Phi) is 5.83. The number of nitriles is 1. The van der Waals surface area contributed by atoms with Crippen molar-refractivity contribution in [2.75, 3.05) is 7.11 Å². The van der Waals surface area contributed by atoms with Crippen molar-refractivity contribution in [3.63, 3.8) is 0 Å². The van der Waals surface area contributed by atoms with Crippen LogP contribution in [-0.2, 0) is 16.0 Å². The van der Waals surface area contributed by atoms with Crippen LogP contribution in [0.25, 0.3) is 21.3 Å². The molecule has 1 aliphatic carbocycles. The van der Waals surface area contributed by atoms with Crippen LogP contribution in [0.4, 0.5) is 0 Å². The van der Waals surface area contributed by atoms with E-state index >= 15 is 0 Å². The molecule has 0 radical (unpaired) electrons. The van der Waals surface area contributed by atoms with Crippen LogP contribution in [0.3, 0.4) is 0 Å². The van der Waals surface area contributed by atoms with Gasteiger partial charge in [0.25, 0.3) is 0 Å². The summed E-state index contributed by atoms with van der Waals surface area (Å²) in [4.78, 5) is 20.7. The second-order valence-electron chi connectivity index (χ2n) is 7.42. The summed E-state index contributed by atoms with van der Waals surface area (Å²) in [6.07, 6.45) is 4.47. The van der Waals surface area contributed by atoms with Gasteiger partial charge >= 0.3 is 0 Å². The molecule has 1 saturated carbocycles. The Bertz CT molecular complexity index is 1240. The molecule has 4 rings (SSSR count). The van der Waals surface area contributed by atoms with E-state index in [1.165, 1.54) is 11.3 Å². The number of amides is 1. The molecule has 0 atom stereocenters. The van der Waals surface area contributed by atoms with Crippen LogP contribution in [0.5, 0.6) is 5.75 Å². The van der Waals surface area contributed by atoms with Crippen molar-refractivity contribution in [3.05, 3.63) is 41.7 Å². The first-order valence-corrected chi connectivity index (χ1v) is 10.7. The van der Waals surface area contributed by atoms with Crippen LogP contribution < -0.4 is 10.1 Å². The highest BCUT2D eigenvalue weighted by atomic mass is 32.1. The van der Waals surface area contributed by atoms with E-state index in [9.17, 15) is 4.79 Å². The third-order valence-electron chi connectivity index (χ3n) is 4.94. The normalized spacial score (nSPS) is 13.8. The van der Waals surface area contributed by atoms with E-state index < -0.39 is 11.4 Å². The predicted molar refractivity (Wildman–Crippen MR) is 120 cm³/mol. The molecule has 1 fully saturated rings. The maximum Gasteiger partial charge on any atom is 0.230 e. The summed E-state index contributed by atoms with van der Waals surface area (Å²) in [6, 6.07) is 9.78. The van der Waals surface area contributed by atoms with E-state index in [2.05, 4.69) is 21.4 Å². The van der Waals surface area contributed by atoms with Crippen LogP contribution in [0.1, 0.15) is 24.3 Å². The minimum atomic E-state index is -0.792. The van der Waals surface area contributed by atoms with E-state index in [1.807, 2.05) is 24.3 Å². The second-order valence-corrected chi connectivity index (χ2v) is 8.53. The lowest BCUT2D eigenvalue weighted by Crippen LogP contribution is -2.37. The van der Waals surface area contributed by atoms with Gasteiger partial charge < -0.3 is 14.8 Å². The Labute approximate surface area is 188 Å². The van der Waals surface area contributed by atoms with E-state index in [1.54, 1.807) is 19.5 Å². The second kappa shape index (κ2) is 8.72. The van der Waals surface area contributed by atoms with Gasteiger partial charge in [-0.25, -0.2) is 4.98 Å². The first kappa shape index (κ1) is 21.4. The van der Waals surface area contributed by atoms with Crippen LogP contribution in [0, 0.1) is 22.1 Å². The Balaban J connectivity index is 1.42. The Morgan fingerprint density at radius 2 is 2.12 bits per heavy atom. The van der Waals surface area contributed by atoms with E-state index in [-0.39, 0.29) is 24.6 Å². The first-order chi connectivity index (χ1) is 15.4. The van der Waals surface area contributed by atoms with E-state index in [0.29, 0.717) is 29.1 Å². The Morgan fingerprint density at radius 3 is 2.78 bits per heavy atom. The van der Waals surface area contributed by atoms with Gasteiger partial charge in [-0.2, -0.15) is 5.26 Å². The van der Waals surface area contributed by atoms with Crippen molar-refractivity contribution in [1.82, 2.24) is 15.3 Å². The van der Waals surface area contributed by atoms with Crippen LogP contribution >= 0.6 is 11.3 Å². The Morgan fingerprint density at radius 1 is 1.31 bits per heavy atom. The lowest BCUT2D eigenvalue weighted by Gasteiger charge is -2.10. The number of rotatable bonds is 7. The molecule has 162 valence electrons. The number of aromatic nitrogens is 2. The molecule has 2 aromatic heterocycles. The van der Waals surface area contributed by atoms with Gasteiger partial charge in [0.1, 0.15) is 28.2 Å². The number of benzene rings is 1. The molecule has 0 aliphatic heterocycles. The summed E-state index contributed by atoms with van der Waals surface area (Å²) in [6.45, 7) is 0. The number of fused-ring (bicyclic) bond motifs is 1. The summed E-state index contributed by atoms with van der Waals surface area (Å²) in [5, 5.41) is 28.2. The molecule has 0 bridgehead atoms. The largest absolute Gasteiger partial charge is 0.494 e. The average molecular weight is 449 g/mol. The molecule has 10 heteroatoms. The van der Waals surface area contributed by atoms with E-state index in [0.717, 1.165) is 15.8 Å². The molecule has 32 heavy (non-hydrogen) atoms. The van der Waals surface area contributed by atoms with Crippen LogP contribution in [0.15, 0.2) is 36.7 Å². The number of methoxy groups -OCH3 is 1. The highest BCUT2D eigenvalue weighted by Crippen LogP contribution is 2.36. The summed E-state index contributed by atoms with van der Waals surface area (Å²) >= 11 is 1.41. The highest BCUT2D eigenvalue weighted by molar-refractivity contribution is 7.18. The van der Waals surface area contributed by atoms with Crippen LogP contribution in [0.2, 0.25) is 0 Å². The molecule has 0 unspecified atom stereocenters. The molecular formula is C22H20N6O3S. The molecule has 3 N–H and O–H groups in total. The summed E-state index contributed by atoms with van der Waals surface area (Å²) in [7, 11) is 1.58. The van der Waals surface area contributed by atoms with E-state index in [4.69, 9.17) is 25.6 Å². The minimum Gasteiger partial charge on any atom is -0.494 e. The number of thiazole rings is 1. The molecule has 1 aromatic carbocycles. The number of pyridine rings is 1. The maximum absolute atomic E-state index is 12.0. The zero-order valence-corrected chi connectivity index (χ0v) is 18.1. The van der Waals surface area contributed by atoms with Crippen molar-refractivity contribution in [1.29, 1.82) is 16.1 Å². The van der Waals surface area contributed by atoms with Gasteiger partial charge in [-0.15, -0.1) is 11.3 Å². The first-order valence-electron chi connectivity index (χ1n) is 9.84. The molecule has 9 nitrogen and oxygen atoms in total. The number of carbonyl (C=O) groups excluding carboxylic acids is 1. The zero-order chi connectivity index (χ0) is 22.7. The maximum atomic E-state index is 12.0. The van der Waals surface area contributed by atoms with Crippen molar-refractivity contribution in [3.8, 4) is 22.9 Å². The number of nitrogens with one attached hydrogen (secondary N) is 3. The minimum absolute atomic E-state index is 0.0802. The fourth-order valence-electron chi connectivity index (χ4n) is 3.18. The van der Waals surface area contributed by atoms with Crippen molar-refractivity contribution >= 4 is 39.3 Å². The molecule has 2 heterocycles. The quantitative estimate of drug-likeness (QED) is 0.373. The fraction of sp³-hybridized carbons (Fsp3) is 0.273. The molecule has 0 spiro atoms. The van der Waals surface area contributed by atoms with Crippen molar-refractivity contribution in [2.24, 2.45) is 0 Å². The van der Waals surface area contributed by atoms with Crippen LogP contribution in [-0.4, -0.2) is 40.3 Å². The van der Waals surface area contributed by atoms with Gasteiger partial charge in [-0.05, 0) is 36.6 Å². The molecule has 1 amide bonds. The van der Waals surface area contributed by atoms with Crippen molar-refractivity contribution in [2.45, 2.75) is 31.2 Å². The summed E-state index contributed by atoms with van der Waals surface area (Å²) in [5.74, 6) is -0.379. The number of hydrogen-bond acceptors (Lipinski definition) is 9. The molecular weight excluding hydrogens is 428 g/mol. The third kappa shape index (κ3) is 4.73. The van der Waals surface area contributed by atoms with Crippen molar-refractivity contribution < 1.29 is 14.3 Å². The predicted octanol–water partition coefficient (Wildman–Crippen LogP) is 3.44. The summed E-state index contributed by atoms with van der Waals surface area (Å²) < 4.78 is 11.6. The van der Waals surface area contributed by atoms with Gasteiger partial charge in [0.2, 0.25) is 5.91 Å².